The molecule has 132 valence electrons. The second-order valence-corrected chi connectivity index (χ2v) is 8.43. The molecule has 4 rings (SSSR count). The third-order valence-electron chi connectivity index (χ3n) is 4.60. The molecule has 1 N–H and O–H groups in total. The summed E-state index contributed by atoms with van der Waals surface area (Å²) in [4.78, 5) is 8.04. The van der Waals surface area contributed by atoms with E-state index in [1.54, 1.807) is 11.3 Å². The summed E-state index contributed by atoms with van der Waals surface area (Å²) in [5, 5.41) is 6.34. The van der Waals surface area contributed by atoms with Crippen molar-refractivity contribution in [2.45, 2.75) is 25.4 Å². The van der Waals surface area contributed by atoms with Crippen molar-refractivity contribution in [2.24, 2.45) is 0 Å². The summed E-state index contributed by atoms with van der Waals surface area (Å²) in [7, 11) is 0. The lowest BCUT2D eigenvalue weighted by Gasteiger charge is -2.27. The van der Waals surface area contributed by atoms with Crippen molar-refractivity contribution < 1.29 is 0 Å². The number of hydrogen-bond donors (Lipinski definition) is 1. The first-order valence-corrected chi connectivity index (χ1v) is 10.6. The summed E-state index contributed by atoms with van der Waals surface area (Å²) in [5.41, 5.74) is 3.42. The third-order valence-corrected chi connectivity index (χ3v) is 6.68. The molecule has 1 aromatic carbocycles. The van der Waals surface area contributed by atoms with Crippen LogP contribution in [0.2, 0.25) is 0 Å². The Bertz CT molecular complexity index is 908. The van der Waals surface area contributed by atoms with Gasteiger partial charge in [0.1, 0.15) is 0 Å². The fraction of sp³-hybridized carbons (Fsp3) is 0.200. The molecule has 0 unspecified atom stereocenters. The van der Waals surface area contributed by atoms with Gasteiger partial charge in [0, 0.05) is 26.6 Å². The largest absolute Gasteiger partial charge is 0.351 e. The second-order valence-electron chi connectivity index (χ2n) is 6.18. The summed E-state index contributed by atoms with van der Waals surface area (Å²) in [6.45, 7) is 2.17. The Morgan fingerprint density at radius 3 is 2.65 bits per heavy atom. The van der Waals surface area contributed by atoms with Crippen molar-refractivity contribution in [3.8, 4) is 0 Å². The normalized spacial score (nSPS) is 19.6. The van der Waals surface area contributed by atoms with Crippen LogP contribution in [-0.2, 0) is 6.42 Å². The van der Waals surface area contributed by atoms with Gasteiger partial charge < -0.3 is 10.2 Å². The first kappa shape index (κ1) is 17.6. The highest BCUT2D eigenvalue weighted by Crippen LogP contribution is 2.44. The van der Waals surface area contributed by atoms with Crippen LogP contribution in [0.5, 0.6) is 0 Å². The lowest BCUT2D eigenvalue weighted by Crippen LogP contribution is -2.29. The predicted octanol–water partition coefficient (Wildman–Crippen LogP) is 5.65. The van der Waals surface area contributed by atoms with Crippen molar-refractivity contribution in [3.63, 3.8) is 0 Å². The van der Waals surface area contributed by atoms with Gasteiger partial charge in [-0.3, -0.25) is 4.98 Å². The van der Waals surface area contributed by atoms with Crippen LogP contribution < -0.4 is 10.2 Å². The van der Waals surface area contributed by atoms with Crippen LogP contribution in [0.4, 0.5) is 5.69 Å². The molecule has 6 heteroatoms. The zero-order valence-corrected chi connectivity index (χ0v) is 17.4. The molecule has 0 bridgehead atoms. The average Bonchev–Trinajstić information content (AvgIpc) is 3.25. The Hall–Kier alpha value is -1.76. The van der Waals surface area contributed by atoms with Crippen LogP contribution >= 0.6 is 39.5 Å². The monoisotopic (exact) mass is 443 g/mol. The van der Waals surface area contributed by atoms with E-state index >= 15 is 0 Å². The van der Waals surface area contributed by atoms with Gasteiger partial charge in [-0.25, -0.2) is 0 Å². The molecule has 0 aliphatic carbocycles. The van der Waals surface area contributed by atoms with Crippen molar-refractivity contribution in [1.82, 2.24) is 10.3 Å². The molecular weight excluding hydrogens is 426 g/mol. The van der Waals surface area contributed by atoms with Crippen LogP contribution in [0.25, 0.3) is 0 Å². The van der Waals surface area contributed by atoms with Crippen LogP contribution in [-0.4, -0.2) is 10.1 Å². The third kappa shape index (κ3) is 3.29. The number of benzene rings is 1. The number of thiocarbonyl (C=S) groups is 1. The van der Waals surface area contributed by atoms with Crippen LogP contribution in [0.15, 0.2) is 64.6 Å². The molecule has 1 saturated heterocycles. The Morgan fingerprint density at radius 1 is 1.23 bits per heavy atom. The van der Waals surface area contributed by atoms with Gasteiger partial charge in [-0.2, -0.15) is 0 Å². The molecule has 0 radical (unpaired) electrons. The highest BCUT2D eigenvalue weighted by molar-refractivity contribution is 9.10. The van der Waals surface area contributed by atoms with Crippen LogP contribution in [0, 0.1) is 0 Å². The molecule has 1 fully saturated rings. The topological polar surface area (TPSA) is 28.2 Å². The Morgan fingerprint density at radius 2 is 2.04 bits per heavy atom. The minimum atomic E-state index is 0.0140. The summed E-state index contributed by atoms with van der Waals surface area (Å²) >= 11 is 11.1. The number of thiophene rings is 1. The number of hydrogen-bond acceptors (Lipinski definition) is 3. The van der Waals surface area contributed by atoms with E-state index in [2.05, 4.69) is 79.8 Å². The van der Waals surface area contributed by atoms with Gasteiger partial charge >= 0.3 is 0 Å². The Labute approximate surface area is 171 Å². The molecule has 0 saturated carbocycles. The molecule has 26 heavy (non-hydrogen) atoms. The fourth-order valence-electron chi connectivity index (χ4n) is 3.30. The van der Waals surface area contributed by atoms with Crippen LogP contribution in [0.3, 0.4) is 0 Å². The van der Waals surface area contributed by atoms with Gasteiger partial charge in [0.2, 0.25) is 0 Å². The van der Waals surface area contributed by atoms with Gasteiger partial charge in [0.15, 0.2) is 5.11 Å². The number of aryl methyl sites for hydroxylation is 1. The molecule has 3 aromatic rings. The number of nitrogens with zero attached hydrogens (tertiary/aromatic N) is 2. The van der Waals surface area contributed by atoms with Gasteiger partial charge in [-0.1, -0.05) is 25.1 Å². The summed E-state index contributed by atoms with van der Waals surface area (Å²) in [6.07, 6.45) is 2.86. The molecule has 0 spiro atoms. The lowest BCUT2D eigenvalue weighted by molar-refractivity contribution is 0.575. The van der Waals surface area contributed by atoms with Gasteiger partial charge in [-0.15, -0.1) is 11.3 Å². The maximum atomic E-state index is 5.72. The molecule has 1 aliphatic heterocycles. The zero-order chi connectivity index (χ0) is 18.1. The molecule has 2 aromatic heterocycles. The average molecular weight is 444 g/mol. The molecule has 1 aliphatic rings. The molecular formula is C20H18BrN3S2. The number of halogens is 1. The van der Waals surface area contributed by atoms with Gasteiger partial charge in [0.25, 0.3) is 0 Å². The number of pyridine rings is 1. The minimum Gasteiger partial charge on any atom is -0.351 e. The molecule has 3 nitrogen and oxygen atoms in total. The second kappa shape index (κ2) is 7.47. The van der Waals surface area contributed by atoms with Crippen LogP contribution in [0.1, 0.15) is 35.1 Å². The molecule has 0 amide bonds. The highest BCUT2D eigenvalue weighted by atomic mass is 79.9. The van der Waals surface area contributed by atoms with E-state index in [0.29, 0.717) is 0 Å². The van der Waals surface area contributed by atoms with E-state index in [1.807, 2.05) is 18.3 Å². The smallest absolute Gasteiger partial charge is 0.174 e. The fourth-order valence-corrected chi connectivity index (χ4v) is 5.21. The SMILES string of the molecule is CCc1ccc(N2C(=S)N[C@H](c3ccccn3)[C@@H]2c2cc(Br)cs2)cc1. The Kier molecular flexibility index (Phi) is 5.07. The van der Waals surface area contributed by atoms with E-state index < -0.39 is 0 Å². The van der Waals surface area contributed by atoms with Crippen molar-refractivity contribution in [2.75, 3.05) is 4.90 Å². The number of aromatic nitrogens is 1. The maximum absolute atomic E-state index is 5.72. The van der Waals surface area contributed by atoms with Gasteiger partial charge in [-0.05, 0) is 70.5 Å². The first-order valence-electron chi connectivity index (χ1n) is 8.51. The van der Waals surface area contributed by atoms with Gasteiger partial charge in [0.05, 0.1) is 17.8 Å². The number of anilines is 1. The molecule has 3 heterocycles. The van der Waals surface area contributed by atoms with Crippen molar-refractivity contribution in [3.05, 3.63) is 80.7 Å². The Balaban J connectivity index is 1.79. The van der Waals surface area contributed by atoms with E-state index in [-0.39, 0.29) is 12.1 Å². The van der Waals surface area contributed by atoms with E-state index in [0.717, 1.165) is 27.4 Å². The van der Waals surface area contributed by atoms with E-state index in [4.69, 9.17) is 12.2 Å². The summed E-state index contributed by atoms with van der Waals surface area (Å²) in [5.74, 6) is 0. The van der Waals surface area contributed by atoms with E-state index in [9.17, 15) is 0 Å². The number of nitrogens with one attached hydrogen (secondary N) is 1. The minimum absolute atomic E-state index is 0.0140. The van der Waals surface area contributed by atoms with Crippen molar-refractivity contribution >= 4 is 50.3 Å². The standard InChI is InChI=1S/C20H18BrN3S2/c1-2-13-6-8-15(9-7-13)24-19(17-11-14(21)12-26-17)18(23-20(24)25)16-5-3-4-10-22-16/h3-12,18-19H,2H2,1H3,(H,23,25)/t18-,19+/m1/s1. The molecule has 2 atom stereocenters. The maximum Gasteiger partial charge on any atom is 0.174 e. The predicted molar refractivity (Wildman–Crippen MR) is 116 cm³/mol. The zero-order valence-electron chi connectivity index (χ0n) is 14.2. The summed E-state index contributed by atoms with van der Waals surface area (Å²) in [6, 6.07) is 16.9. The number of rotatable bonds is 4. The van der Waals surface area contributed by atoms with Crippen molar-refractivity contribution in [1.29, 1.82) is 0 Å². The highest BCUT2D eigenvalue weighted by Gasteiger charge is 2.41. The summed E-state index contributed by atoms with van der Waals surface area (Å²) < 4.78 is 1.09. The first-order chi connectivity index (χ1) is 12.7. The van der Waals surface area contributed by atoms with E-state index in [1.165, 1.54) is 10.4 Å². The lowest BCUT2D eigenvalue weighted by atomic mass is 10.0. The quantitative estimate of drug-likeness (QED) is 0.527.